The lowest BCUT2D eigenvalue weighted by molar-refractivity contribution is 0.0791. The van der Waals surface area contributed by atoms with Crippen LogP contribution < -0.4 is 4.90 Å². The number of fused-ring (bicyclic) bond motifs is 1. The van der Waals surface area contributed by atoms with E-state index in [4.69, 9.17) is 0 Å². The molecule has 2 aliphatic heterocycles. The third-order valence-electron chi connectivity index (χ3n) is 8.42. The SMILES string of the molecule is CCC(C)[C@@H]1CCN(c2ccc(C3CCc4cc(C(=O)N5CCCC5)ccc4C3=O)cc2F)C1. The van der Waals surface area contributed by atoms with E-state index in [0.717, 1.165) is 69.4 Å². The van der Waals surface area contributed by atoms with E-state index in [2.05, 4.69) is 18.7 Å². The smallest absolute Gasteiger partial charge is 0.253 e. The summed E-state index contributed by atoms with van der Waals surface area (Å²) in [5.74, 6) is 0.799. The normalized spacial score (nSPS) is 23.3. The molecule has 34 heavy (non-hydrogen) atoms. The molecule has 0 saturated carbocycles. The topological polar surface area (TPSA) is 40.6 Å². The van der Waals surface area contributed by atoms with E-state index in [9.17, 15) is 9.59 Å². The molecular formula is C29H35FN2O2. The second-order valence-corrected chi connectivity index (χ2v) is 10.4. The van der Waals surface area contributed by atoms with E-state index in [1.807, 2.05) is 23.1 Å². The second-order valence-electron chi connectivity index (χ2n) is 10.4. The number of anilines is 1. The minimum absolute atomic E-state index is 0.0339. The van der Waals surface area contributed by atoms with E-state index in [0.29, 0.717) is 35.1 Å². The van der Waals surface area contributed by atoms with Crippen LogP contribution >= 0.6 is 0 Å². The van der Waals surface area contributed by atoms with Crippen molar-refractivity contribution in [2.75, 3.05) is 31.1 Å². The van der Waals surface area contributed by atoms with Crippen LogP contribution in [0, 0.1) is 17.7 Å². The summed E-state index contributed by atoms with van der Waals surface area (Å²) >= 11 is 0. The molecule has 4 nitrogen and oxygen atoms in total. The van der Waals surface area contributed by atoms with Crippen molar-refractivity contribution in [1.29, 1.82) is 0 Å². The number of amides is 1. The summed E-state index contributed by atoms with van der Waals surface area (Å²) in [6.45, 7) is 7.92. The average Bonchev–Trinajstić information content (AvgIpc) is 3.56. The zero-order valence-electron chi connectivity index (χ0n) is 20.4. The van der Waals surface area contributed by atoms with Crippen molar-refractivity contribution in [3.05, 3.63) is 64.5 Å². The molecule has 2 fully saturated rings. The van der Waals surface area contributed by atoms with Crippen LogP contribution in [-0.4, -0.2) is 42.8 Å². The fourth-order valence-electron chi connectivity index (χ4n) is 6.01. The third-order valence-corrected chi connectivity index (χ3v) is 8.42. The van der Waals surface area contributed by atoms with Crippen molar-refractivity contribution in [3.63, 3.8) is 0 Å². The first-order valence-corrected chi connectivity index (χ1v) is 13.0. The van der Waals surface area contributed by atoms with E-state index in [-0.39, 0.29) is 23.4 Å². The molecule has 3 aliphatic rings. The molecule has 0 spiro atoms. The predicted molar refractivity (Wildman–Crippen MR) is 133 cm³/mol. The quantitative estimate of drug-likeness (QED) is 0.560. The molecule has 3 atom stereocenters. The molecule has 1 amide bonds. The third kappa shape index (κ3) is 4.25. The first-order chi connectivity index (χ1) is 16.5. The molecule has 0 radical (unpaired) electrons. The van der Waals surface area contributed by atoms with Gasteiger partial charge in [-0.15, -0.1) is 0 Å². The van der Waals surface area contributed by atoms with Crippen LogP contribution in [0.25, 0.3) is 0 Å². The van der Waals surface area contributed by atoms with Gasteiger partial charge in [0.1, 0.15) is 5.82 Å². The van der Waals surface area contributed by atoms with Gasteiger partial charge < -0.3 is 9.80 Å². The number of benzene rings is 2. The van der Waals surface area contributed by atoms with Crippen molar-refractivity contribution in [1.82, 2.24) is 4.90 Å². The van der Waals surface area contributed by atoms with Crippen LogP contribution in [-0.2, 0) is 6.42 Å². The Morgan fingerprint density at radius 1 is 1.09 bits per heavy atom. The van der Waals surface area contributed by atoms with Gasteiger partial charge in [0.2, 0.25) is 0 Å². The molecule has 2 saturated heterocycles. The zero-order valence-corrected chi connectivity index (χ0v) is 20.4. The lowest BCUT2D eigenvalue weighted by Gasteiger charge is -2.26. The highest BCUT2D eigenvalue weighted by Crippen LogP contribution is 2.36. The summed E-state index contributed by atoms with van der Waals surface area (Å²) in [6.07, 6.45) is 5.74. The van der Waals surface area contributed by atoms with Gasteiger partial charge in [-0.2, -0.15) is 0 Å². The molecule has 1 aliphatic carbocycles. The van der Waals surface area contributed by atoms with E-state index in [1.165, 1.54) is 0 Å². The number of aryl methyl sites for hydroxylation is 1. The summed E-state index contributed by atoms with van der Waals surface area (Å²) in [5.41, 5.74) is 3.70. The van der Waals surface area contributed by atoms with Gasteiger partial charge in [0.15, 0.2) is 5.78 Å². The number of hydrogen-bond donors (Lipinski definition) is 0. The lowest BCUT2D eigenvalue weighted by Crippen LogP contribution is -2.28. The van der Waals surface area contributed by atoms with Gasteiger partial charge in [0.25, 0.3) is 5.91 Å². The highest BCUT2D eigenvalue weighted by Gasteiger charge is 2.32. The van der Waals surface area contributed by atoms with Gasteiger partial charge in [0.05, 0.1) is 5.69 Å². The number of ketones is 1. The number of Topliss-reactive ketones (excluding diaryl/α,β-unsaturated/α-hetero) is 1. The van der Waals surface area contributed by atoms with Crippen LogP contribution in [0.3, 0.4) is 0 Å². The Balaban J connectivity index is 1.32. The van der Waals surface area contributed by atoms with Gasteiger partial charge in [-0.25, -0.2) is 4.39 Å². The second kappa shape index (κ2) is 9.52. The zero-order chi connectivity index (χ0) is 23.8. The van der Waals surface area contributed by atoms with Crippen LogP contribution in [0.15, 0.2) is 36.4 Å². The first kappa shape index (κ1) is 23.1. The summed E-state index contributed by atoms with van der Waals surface area (Å²) in [5, 5.41) is 0. The summed E-state index contributed by atoms with van der Waals surface area (Å²) in [4.78, 5) is 30.1. The van der Waals surface area contributed by atoms with Crippen LogP contribution in [0.1, 0.15) is 83.7 Å². The minimum atomic E-state index is -0.331. The number of nitrogens with zero attached hydrogens (tertiary/aromatic N) is 2. The Bertz CT molecular complexity index is 1090. The van der Waals surface area contributed by atoms with E-state index >= 15 is 4.39 Å². The number of carbonyl (C=O) groups is 2. The van der Waals surface area contributed by atoms with Crippen molar-refractivity contribution in [3.8, 4) is 0 Å². The molecule has 0 aromatic heterocycles. The van der Waals surface area contributed by atoms with E-state index < -0.39 is 0 Å². The highest BCUT2D eigenvalue weighted by atomic mass is 19.1. The molecule has 5 rings (SSSR count). The molecule has 0 N–H and O–H groups in total. The first-order valence-electron chi connectivity index (χ1n) is 13.0. The van der Waals surface area contributed by atoms with Gasteiger partial charge in [-0.3, -0.25) is 9.59 Å². The van der Waals surface area contributed by atoms with Crippen LogP contribution in [0.5, 0.6) is 0 Å². The number of hydrogen-bond acceptors (Lipinski definition) is 3. The molecule has 2 heterocycles. The van der Waals surface area contributed by atoms with Gasteiger partial charge >= 0.3 is 0 Å². The summed E-state index contributed by atoms with van der Waals surface area (Å²) in [7, 11) is 0. The van der Waals surface area contributed by atoms with Crippen LogP contribution in [0.4, 0.5) is 10.1 Å². The van der Waals surface area contributed by atoms with Crippen molar-refractivity contribution in [2.45, 2.75) is 58.3 Å². The minimum Gasteiger partial charge on any atom is -0.369 e. The summed E-state index contributed by atoms with van der Waals surface area (Å²) < 4.78 is 15.2. The van der Waals surface area contributed by atoms with Gasteiger partial charge in [-0.05, 0) is 79.3 Å². The Kier molecular flexibility index (Phi) is 6.46. The van der Waals surface area contributed by atoms with E-state index in [1.54, 1.807) is 18.2 Å². The number of carbonyl (C=O) groups excluding carboxylic acids is 2. The Morgan fingerprint density at radius 3 is 2.62 bits per heavy atom. The molecule has 2 unspecified atom stereocenters. The predicted octanol–water partition coefficient (Wildman–Crippen LogP) is 5.85. The fraction of sp³-hybridized carbons (Fsp3) is 0.517. The molecule has 180 valence electrons. The van der Waals surface area contributed by atoms with Crippen LogP contribution in [0.2, 0.25) is 0 Å². The molecule has 2 aromatic rings. The van der Waals surface area contributed by atoms with Crippen molar-refractivity contribution >= 4 is 17.4 Å². The molecule has 5 heteroatoms. The monoisotopic (exact) mass is 462 g/mol. The standard InChI is InChI=1S/C29H35FN2O2/c1-3-19(2)23-12-15-32(18-23)27-11-8-21(17-26(27)30)25-9-6-20-16-22(7-10-24(20)28(25)33)29(34)31-13-4-5-14-31/h7-8,10-11,16-17,19,23,25H,3-6,9,12-15,18H2,1-2H3/t19?,23-,25?/m1/s1. The number of halogens is 1. The fourth-order valence-corrected chi connectivity index (χ4v) is 6.01. The Labute approximate surface area is 202 Å². The van der Waals surface area contributed by atoms with Gasteiger partial charge in [0, 0.05) is 43.2 Å². The largest absolute Gasteiger partial charge is 0.369 e. The highest BCUT2D eigenvalue weighted by molar-refractivity contribution is 6.04. The summed E-state index contributed by atoms with van der Waals surface area (Å²) in [6, 6.07) is 10.9. The van der Waals surface area contributed by atoms with Gasteiger partial charge in [-0.1, -0.05) is 32.4 Å². The van der Waals surface area contributed by atoms with Crippen molar-refractivity contribution < 1.29 is 14.0 Å². The number of likely N-dealkylation sites (tertiary alicyclic amines) is 1. The maximum Gasteiger partial charge on any atom is 0.253 e. The van der Waals surface area contributed by atoms with Crippen molar-refractivity contribution in [2.24, 2.45) is 11.8 Å². The molecule has 2 aromatic carbocycles. The molecule has 0 bridgehead atoms. The Morgan fingerprint density at radius 2 is 1.88 bits per heavy atom. The maximum absolute atomic E-state index is 15.2. The lowest BCUT2D eigenvalue weighted by atomic mass is 9.78. The molecular weight excluding hydrogens is 427 g/mol. The maximum atomic E-state index is 15.2. The number of rotatable bonds is 5. The average molecular weight is 463 g/mol. The Hall–Kier alpha value is -2.69.